The molecule has 0 bridgehead atoms. The van der Waals surface area contributed by atoms with Crippen LogP contribution in [-0.4, -0.2) is 45.0 Å². The van der Waals surface area contributed by atoms with Gasteiger partial charge < -0.3 is 14.4 Å². The number of aliphatic hydroxyl groups is 1. The third-order valence-electron chi connectivity index (χ3n) is 9.30. The van der Waals surface area contributed by atoms with E-state index in [4.69, 9.17) is 9.26 Å². The Balaban J connectivity index is 1.20. The summed E-state index contributed by atoms with van der Waals surface area (Å²) in [6.45, 7) is 2.93. The smallest absolute Gasteiger partial charge is 0.417 e. The molecule has 1 saturated carbocycles. The Bertz CT molecular complexity index is 1310. The lowest BCUT2D eigenvalue weighted by molar-refractivity contribution is -0.279. The fourth-order valence-corrected chi connectivity index (χ4v) is 7.17. The van der Waals surface area contributed by atoms with E-state index in [1.54, 1.807) is 0 Å². The topological polar surface area (TPSA) is 71.6 Å². The molecule has 3 aromatic rings. The molecule has 6 rings (SSSR count). The average Bonchev–Trinajstić information content (AvgIpc) is 3.40. The zero-order chi connectivity index (χ0) is 27.8. The van der Waals surface area contributed by atoms with Gasteiger partial charge in [0.15, 0.2) is 12.2 Å². The van der Waals surface area contributed by atoms with Crippen LogP contribution in [0.5, 0.6) is 5.75 Å². The van der Waals surface area contributed by atoms with E-state index >= 15 is 0 Å². The van der Waals surface area contributed by atoms with Gasteiger partial charge in [0.2, 0.25) is 11.7 Å². The first kappa shape index (κ1) is 27.3. The number of nitrogens with zero attached hydrogens (tertiary/aromatic N) is 3. The van der Waals surface area contributed by atoms with Gasteiger partial charge in [-0.2, -0.15) is 18.2 Å². The predicted octanol–water partition coefficient (Wildman–Crippen LogP) is 6.15. The number of alkyl halides is 3. The maximum absolute atomic E-state index is 13.8. The highest BCUT2D eigenvalue weighted by atomic mass is 19.4. The normalized spacial score (nSPS) is 27.1. The van der Waals surface area contributed by atoms with Crippen LogP contribution in [0.2, 0.25) is 0 Å². The molecule has 0 amide bonds. The van der Waals surface area contributed by atoms with Crippen molar-refractivity contribution in [1.29, 1.82) is 0 Å². The van der Waals surface area contributed by atoms with E-state index in [0.717, 1.165) is 29.8 Å². The number of ether oxygens (including phenoxy) is 1. The van der Waals surface area contributed by atoms with Crippen LogP contribution in [0.15, 0.2) is 53.1 Å². The molecule has 1 N–H and O–H groups in total. The summed E-state index contributed by atoms with van der Waals surface area (Å²) in [5, 5.41) is 14.7. The molecule has 3 aliphatic rings. The van der Waals surface area contributed by atoms with Gasteiger partial charge >= 0.3 is 6.18 Å². The molecular weight excluding hydrogens is 519 g/mol. The minimum atomic E-state index is -4.63. The minimum absolute atomic E-state index is 0.179. The van der Waals surface area contributed by atoms with Gasteiger partial charge in [0.1, 0.15) is 5.75 Å². The molecule has 0 radical (unpaired) electrons. The van der Waals surface area contributed by atoms with Crippen LogP contribution >= 0.6 is 0 Å². The molecule has 1 aromatic heterocycles. The molecule has 9 heteroatoms. The van der Waals surface area contributed by atoms with Gasteiger partial charge in [0.05, 0.1) is 6.54 Å². The zero-order valence-electron chi connectivity index (χ0n) is 22.6. The second-order valence-electron chi connectivity index (χ2n) is 11.8. The van der Waals surface area contributed by atoms with E-state index in [9.17, 15) is 18.3 Å². The summed E-state index contributed by atoms with van der Waals surface area (Å²) in [6, 6.07) is 15.9. The molecule has 2 aliphatic carbocycles. The summed E-state index contributed by atoms with van der Waals surface area (Å²) in [6.07, 6.45) is 0.611. The number of hydrogen-bond donors (Lipinski definition) is 1. The lowest BCUT2D eigenvalue weighted by Gasteiger charge is -2.53. The highest BCUT2D eigenvalue weighted by Crippen LogP contribution is 2.57. The molecule has 0 unspecified atom stereocenters. The molecule has 40 heavy (non-hydrogen) atoms. The molecular formula is C31H36F3N3O3. The first-order valence-electron chi connectivity index (χ1n) is 14.4. The standard InChI is InChI=1S/C31H36F3N3O3/c32-31(33,34)30(38)14-13-29(18-22-7-3-1-4-8-22)24(19-30)10-9-23-17-25(11-12-26(23)29)39-21-27-35-28(40-36-27)20-37-15-5-2-6-16-37/h1,3-4,7-8,11-12,17,24,38H,2,5-6,9-10,13-16,18-21H2/t24-,29+,30-/m1/s1. The number of aryl methyl sites for hydroxylation is 1. The molecule has 2 fully saturated rings. The first-order chi connectivity index (χ1) is 19.2. The van der Waals surface area contributed by atoms with Gasteiger partial charge in [-0.25, -0.2) is 0 Å². The van der Waals surface area contributed by atoms with E-state index in [2.05, 4.69) is 15.0 Å². The van der Waals surface area contributed by atoms with Crippen LogP contribution in [0.25, 0.3) is 0 Å². The van der Waals surface area contributed by atoms with Crippen LogP contribution in [0.3, 0.4) is 0 Å². The van der Waals surface area contributed by atoms with Gasteiger partial charge in [0.25, 0.3) is 0 Å². The van der Waals surface area contributed by atoms with Crippen LogP contribution in [0, 0.1) is 5.92 Å². The minimum Gasteiger partial charge on any atom is -0.485 e. The maximum Gasteiger partial charge on any atom is 0.417 e. The number of benzene rings is 2. The Morgan fingerprint density at radius 1 is 1.05 bits per heavy atom. The highest BCUT2D eigenvalue weighted by molar-refractivity contribution is 5.45. The molecule has 6 nitrogen and oxygen atoms in total. The van der Waals surface area contributed by atoms with Crippen LogP contribution in [0.4, 0.5) is 13.2 Å². The van der Waals surface area contributed by atoms with Gasteiger partial charge in [-0.3, -0.25) is 4.90 Å². The van der Waals surface area contributed by atoms with Crippen molar-refractivity contribution in [3.63, 3.8) is 0 Å². The fourth-order valence-electron chi connectivity index (χ4n) is 7.17. The van der Waals surface area contributed by atoms with E-state index in [1.807, 2.05) is 48.5 Å². The van der Waals surface area contributed by atoms with Crippen molar-refractivity contribution >= 4 is 0 Å². The SMILES string of the molecule is O[C@]1(C(F)(F)F)CC[C@@]2(Cc3ccccc3)c3ccc(OCc4noc(CN5CCCCC5)n4)cc3CC[C@@H]2C1. The fraction of sp³-hybridized carbons (Fsp3) is 0.548. The van der Waals surface area contributed by atoms with E-state index < -0.39 is 17.2 Å². The Kier molecular flexibility index (Phi) is 7.38. The summed E-state index contributed by atoms with van der Waals surface area (Å²) >= 11 is 0. The molecule has 0 spiro atoms. The van der Waals surface area contributed by atoms with E-state index in [-0.39, 0.29) is 31.8 Å². The lowest BCUT2D eigenvalue weighted by Crippen LogP contribution is -2.56. The third-order valence-corrected chi connectivity index (χ3v) is 9.30. The van der Waals surface area contributed by atoms with Gasteiger partial charge in [-0.1, -0.05) is 48.0 Å². The Hall–Kier alpha value is -2.91. The number of fused-ring (bicyclic) bond motifs is 3. The quantitative estimate of drug-likeness (QED) is 0.377. The van der Waals surface area contributed by atoms with Gasteiger partial charge in [-0.15, -0.1) is 0 Å². The van der Waals surface area contributed by atoms with E-state index in [0.29, 0.717) is 43.3 Å². The molecule has 1 saturated heterocycles. The number of halogens is 3. The number of aromatic nitrogens is 2. The summed E-state index contributed by atoms with van der Waals surface area (Å²) < 4.78 is 53.0. The summed E-state index contributed by atoms with van der Waals surface area (Å²) in [4.78, 5) is 6.82. The van der Waals surface area contributed by atoms with Crippen molar-refractivity contribution in [3.05, 3.63) is 76.9 Å². The van der Waals surface area contributed by atoms with Crippen LogP contribution < -0.4 is 4.74 Å². The lowest BCUT2D eigenvalue weighted by atomic mass is 9.52. The third kappa shape index (κ3) is 5.38. The Labute approximate surface area is 232 Å². The molecule has 1 aliphatic heterocycles. The van der Waals surface area contributed by atoms with Gasteiger partial charge in [0, 0.05) is 5.41 Å². The van der Waals surface area contributed by atoms with Crippen LogP contribution in [-0.2, 0) is 31.4 Å². The van der Waals surface area contributed by atoms with Crippen LogP contribution in [0.1, 0.15) is 73.4 Å². The molecule has 3 atom stereocenters. The number of piperidine rings is 1. The van der Waals surface area contributed by atoms with Crippen molar-refractivity contribution < 1.29 is 27.5 Å². The highest BCUT2D eigenvalue weighted by Gasteiger charge is 2.61. The maximum atomic E-state index is 13.8. The van der Waals surface area contributed by atoms with E-state index in [1.165, 1.54) is 19.3 Å². The molecule has 214 valence electrons. The molecule has 2 aromatic carbocycles. The molecule has 2 heterocycles. The van der Waals surface area contributed by atoms with Crippen molar-refractivity contribution in [1.82, 2.24) is 15.0 Å². The van der Waals surface area contributed by atoms with Crippen molar-refractivity contribution in [2.45, 2.75) is 88.1 Å². The number of rotatable bonds is 7. The summed E-state index contributed by atoms with van der Waals surface area (Å²) in [5.74, 6) is 1.49. The summed E-state index contributed by atoms with van der Waals surface area (Å²) in [7, 11) is 0. The predicted molar refractivity (Wildman–Crippen MR) is 143 cm³/mol. The van der Waals surface area contributed by atoms with Crippen molar-refractivity contribution in [3.8, 4) is 5.75 Å². The first-order valence-corrected chi connectivity index (χ1v) is 14.4. The Morgan fingerprint density at radius 2 is 1.85 bits per heavy atom. The monoisotopic (exact) mass is 555 g/mol. The summed E-state index contributed by atoms with van der Waals surface area (Å²) in [5.41, 5.74) is 0.168. The Morgan fingerprint density at radius 3 is 2.62 bits per heavy atom. The number of likely N-dealkylation sites (tertiary alicyclic amines) is 1. The largest absolute Gasteiger partial charge is 0.485 e. The van der Waals surface area contributed by atoms with Crippen molar-refractivity contribution in [2.75, 3.05) is 13.1 Å². The second-order valence-corrected chi connectivity index (χ2v) is 11.8. The zero-order valence-corrected chi connectivity index (χ0v) is 22.6. The van der Waals surface area contributed by atoms with Gasteiger partial charge in [-0.05, 0) is 99.2 Å². The number of hydrogen-bond acceptors (Lipinski definition) is 6. The van der Waals surface area contributed by atoms with Crippen molar-refractivity contribution in [2.24, 2.45) is 5.92 Å². The average molecular weight is 556 g/mol. The second kappa shape index (κ2) is 10.8.